The van der Waals surface area contributed by atoms with Crippen LogP contribution in [0.2, 0.25) is 0 Å². The van der Waals surface area contributed by atoms with Gasteiger partial charge in [-0.25, -0.2) is 0 Å². The normalized spacial score (nSPS) is 10.7. The van der Waals surface area contributed by atoms with Gasteiger partial charge in [-0.15, -0.1) is 0 Å². The van der Waals surface area contributed by atoms with E-state index >= 15 is 0 Å². The molecule has 2 aromatic carbocycles. The number of carbonyl (C=O) groups is 1. The summed E-state index contributed by atoms with van der Waals surface area (Å²) in [4.78, 5) is 12.4. The van der Waals surface area contributed by atoms with E-state index in [4.69, 9.17) is 9.47 Å². The predicted molar refractivity (Wildman–Crippen MR) is 88.7 cm³/mol. The van der Waals surface area contributed by atoms with Crippen molar-refractivity contribution in [2.75, 3.05) is 14.2 Å². The highest BCUT2D eigenvalue weighted by molar-refractivity contribution is 9.10. The molecule has 1 N–H and O–H groups in total. The van der Waals surface area contributed by atoms with Gasteiger partial charge in [0.2, 0.25) is 0 Å². The first kappa shape index (κ1) is 16.1. The van der Waals surface area contributed by atoms with Crippen molar-refractivity contribution in [1.29, 1.82) is 0 Å². The van der Waals surface area contributed by atoms with Crippen LogP contribution in [0.3, 0.4) is 0 Å². The average Bonchev–Trinajstić information content (AvgIpc) is 2.55. The van der Waals surface area contributed by atoms with Crippen LogP contribution < -0.4 is 9.47 Å². The van der Waals surface area contributed by atoms with E-state index in [1.807, 2.05) is 30.3 Å². The molecule has 0 aliphatic carbocycles. The van der Waals surface area contributed by atoms with E-state index in [1.165, 1.54) is 20.3 Å². The zero-order valence-corrected chi connectivity index (χ0v) is 13.8. The molecule has 0 amide bonds. The Morgan fingerprint density at radius 3 is 2.36 bits per heavy atom. The van der Waals surface area contributed by atoms with Crippen LogP contribution in [0, 0.1) is 0 Å². The van der Waals surface area contributed by atoms with Crippen molar-refractivity contribution in [2.24, 2.45) is 0 Å². The molecule has 0 aromatic heterocycles. The summed E-state index contributed by atoms with van der Waals surface area (Å²) in [7, 11) is 2.90. The number of aromatic hydroxyl groups is 1. The molecule has 0 aliphatic heterocycles. The van der Waals surface area contributed by atoms with Crippen molar-refractivity contribution in [3.8, 4) is 17.2 Å². The summed E-state index contributed by atoms with van der Waals surface area (Å²) in [6.07, 6.45) is 3.07. The number of methoxy groups -OCH3 is 2. The van der Waals surface area contributed by atoms with Crippen molar-refractivity contribution < 1.29 is 19.4 Å². The van der Waals surface area contributed by atoms with E-state index in [9.17, 15) is 9.90 Å². The molecule has 0 unspecified atom stereocenters. The summed E-state index contributed by atoms with van der Waals surface area (Å²) >= 11 is 3.21. The van der Waals surface area contributed by atoms with Crippen LogP contribution in [-0.2, 0) is 0 Å². The van der Waals surface area contributed by atoms with Gasteiger partial charge in [-0.2, -0.15) is 0 Å². The lowest BCUT2D eigenvalue weighted by Gasteiger charge is -2.13. The number of carbonyl (C=O) groups excluding carboxylic acids is 1. The molecule has 22 heavy (non-hydrogen) atoms. The number of benzene rings is 2. The zero-order valence-electron chi connectivity index (χ0n) is 12.2. The molecule has 0 spiro atoms. The molecule has 0 saturated heterocycles. The molecule has 4 nitrogen and oxygen atoms in total. The van der Waals surface area contributed by atoms with Crippen LogP contribution in [0.15, 0.2) is 46.9 Å². The van der Waals surface area contributed by atoms with Crippen LogP contribution in [0.25, 0.3) is 6.08 Å². The molecular weight excluding hydrogens is 348 g/mol. The fraction of sp³-hybridized carbons (Fsp3) is 0.118. The van der Waals surface area contributed by atoms with Crippen LogP contribution in [0.5, 0.6) is 17.2 Å². The standard InChI is InChI=1S/C17H15BrO4/c1-21-13-10-14(22-2)16(18)17(20)15(13)12(19)9-8-11-6-4-3-5-7-11/h3-10,20H,1-2H3/b9-8+. The Kier molecular flexibility index (Phi) is 5.22. The molecule has 0 fully saturated rings. The van der Waals surface area contributed by atoms with E-state index in [2.05, 4.69) is 15.9 Å². The van der Waals surface area contributed by atoms with Crippen LogP contribution in [-0.4, -0.2) is 25.1 Å². The van der Waals surface area contributed by atoms with Crippen molar-refractivity contribution in [2.45, 2.75) is 0 Å². The first-order valence-corrected chi connectivity index (χ1v) is 7.28. The largest absolute Gasteiger partial charge is 0.506 e. The van der Waals surface area contributed by atoms with Gasteiger partial charge in [0, 0.05) is 6.07 Å². The molecule has 114 valence electrons. The van der Waals surface area contributed by atoms with E-state index in [1.54, 1.807) is 12.1 Å². The molecule has 0 bridgehead atoms. The first-order valence-electron chi connectivity index (χ1n) is 6.49. The number of ketones is 1. The highest BCUT2D eigenvalue weighted by Gasteiger charge is 2.21. The Balaban J connectivity index is 2.41. The van der Waals surface area contributed by atoms with Crippen molar-refractivity contribution in [3.63, 3.8) is 0 Å². The lowest BCUT2D eigenvalue weighted by Crippen LogP contribution is -2.01. The minimum Gasteiger partial charge on any atom is -0.506 e. The van der Waals surface area contributed by atoms with Gasteiger partial charge in [0.05, 0.1) is 14.2 Å². The lowest BCUT2D eigenvalue weighted by molar-refractivity contribution is 0.104. The summed E-state index contributed by atoms with van der Waals surface area (Å²) in [6, 6.07) is 11.0. The number of hydrogen-bond acceptors (Lipinski definition) is 4. The second kappa shape index (κ2) is 7.13. The van der Waals surface area contributed by atoms with Crippen molar-refractivity contribution in [3.05, 3.63) is 58.1 Å². The van der Waals surface area contributed by atoms with Gasteiger partial charge in [-0.1, -0.05) is 36.4 Å². The molecule has 5 heteroatoms. The van der Waals surface area contributed by atoms with Crippen molar-refractivity contribution in [1.82, 2.24) is 0 Å². The molecule has 2 aromatic rings. The van der Waals surface area contributed by atoms with Gasteiger partial charge < -0.3 is 14.6 Å². The summed E-state index contributed by atoms with van der Waals surface area (Å²) in [5.41, 5.74) is 0.976. The first-order chi connectivity index (χ1) is 10.6. The number of halogens is 1. The van der Waals surface area contributed by atoms with E-state index in [0.717, 1.165) is 5.56 Å². The summed E-state index contributed by atoms with van der Waals surface area (Å²) < 4.78 is 10.6. The molecule has 2 rings (SSSR count). The monoisotopic (exact) mass is 362 g/mol. The third kappa shape index (κ3) is 3.31. The Labute approximate surface area is 137 Å². The van der Waals surface area contributed by atoms with Crippen LogP contribution in [0.4, 0.5) is 0 Å². The second-order valence-corrected chi connectivity index (χ2v) is 5.22. The maximum atomic E-state index is 12.4. The molecule has 0 radical (unpaired) electrons. The number of phenols is 1. The van der Waals surface area contributed by atoms with Gasteiger partial charge >= 0.3 is 0 Å². The Bertz CT molecular complexity index is 708. The minimum absolute atomic E-state index is 0.0855. The molecule has 0 atom stereocenters. The summed E-state index contributed by atoms with van der Waals surface area (Å²) in [6.45, 7) is 0. The number of rotatable bonds is 5. The fourth-order valence-electron chi connectivity index (χ4n) is 1.96. The smallest absolute Gasteiger partial charge is 0.193 e. The summed E-state index contributed by atoms with van der Waals surface area (Å²) in [5, 5.41) is 10.2. The number of hydrogen-bond donors (Lipinski definition) is 1. The maximum Gasteiger partial charge on any atom is 0.193 e. The lowest BCUT2D eigenvalue weighted by atomic mass is 10.1. The zero-order chi connectivity index (χ0) is 16.1. The Morgan fingerprint density at radius 1 is 1.14 bits per heavy atom. The maximum absolute atomic E-state index is 12.4. The highest BCUT2D eigenvalue weighted by Crippen LogP contribution is 2.42. The van der Waals surface area contributed by atoms with Gasteiger partial charge in [0.1, 0.15) is 27.3 Å². The van der Waals surface area contributed by atoms with E-state index in [-0.39, 0.29) is 22.8 Å². The van der Waals surface area contributed by atoms with E-state index < -0.39 is 0 Å². The van der Waals surface area contributed by atoms with Gasteiger partial charge in [0.25, 0.3) is 0 Å². The van der Waals surface area contributed by atoms with Gasteiger partial charge in [-0.3, -0.25) is 4.79 Å². The third-order valence-corrected chi connectivity index (χ3v) is 3.85. The quantitative estimate of drug-likeness (QED) is 0.643. The molecule has 0 heterocycles. The highest BCUT2D eigenvalue weighted by atomic mass is 79.9. The number of ether oxygens (including phenoxy) is 2. The number of allylic oxidation sites excluding steroid dienone is 1. The minimum atomic E-state index is -0.360. The van der Waals surface area contributed by atoms with Crippen LogP contribution >= 0.6 is 15.9 Å². The Hall–Kier alpha value is -2.27. The van der Waals surface area contributed by atoms with Gasteiger partial charge in [-0.05, 0) is 27.6 Å². The second-order valence-electron chi connectivity index (χ2n) is 4.43. The Morgan fingerprint density at radius 2 is 1.77 bits per heavy atom. The van der Waals surface area contributed by atoms with Crippen LogP contribution in [0.1, 0.15) is 15.9 Å². The average molecular weight is 363 g/mol. The SMILES string of the molecule is COc1cc(OC)c(C(=O)/C=C/c2ccccc2)c(O)c1Br. The number of phenolic OH excluding ortho intramolecular Hbond substituents is 1. The third-order valence-electron chi connectivity index (χ3n) is 3.08. The molecule has 0 aliphatic rings. The molecular formula is C17H15BrO4. The van der Waals surface area contributed by atoms with Gasteiger partial charge in [0.15, 0.2) is 5.78 Å². The van der Waals surface area contributed by atoms with Crippen molar-refractivity contribution >= 4 is 27.8 Å². The topological polar surface area (TPSA) is 55.8 Å². The van der Waals surface area contributed by atoms with E-state index in [0.29, 0.717) is 10.2 Å². The summed E-state index contributed by atoms with van der Waals surface area (Å²) in [5.74, 6) is 0.0682. The molecule has 0 saturated carbocycles. The fourth-order valence-corrected chi connectivity index (χ4v) is 2.44. The predicted octanol–water partition coefficient (Wildman–Crippen LogP) is 4.07.